The highest BCUT2D eigenvalue weighted by Crippen LogP contribution is 2.18. The van der Waals surface area contributed by atoms with Gasteiger partial charge in [-0.25, -0.2) is 4.39 Å². The predicted octanol–water partition coefficient (Wildman–Crippen LogP) is 3.14. The summed E-state index contributed by atoms with van der Waals surface area (Å²) >= 11 is 0. The quantitative estimate of drug-likeness (QED) is 0.664. The number of anilines is 1. The molecule has 2 rings (SSSR count). The zero-order chi connectivity index (χ0) is 13.1. The fourth-order valence-corrected chi connectivity index (χ4v) is 1.88. The van der Waals surface area contributed by atoms with Crippen LogP contribution >= 0.6 is 0 Å². The lowest BCUT2D eigenvalue weighted by Crippen LogP contribution is -2.07. The first kappa shape index (κ1) is 12.3. The zero-order valence-electron chi connectivity index (χ0n) is 10.1. The Balaban J connectivity index is 2.25. The highest BCUT2D eigenvalue weighted by Gasteiger charge is 2.11. The molecule has 0 aliphatic rings. The topological polar surface area (TPSA) is 43.1 Å². The summed E-state index contributed by atoms with van der Waals surface area (Å²) in [5.74, 6) is -0.380. The molecule has 92 valence electrons. The highest BCUT2D eigenvalue weighted by molar-refractivity contribution is 5.99. The van der Waals surface area contributed by atoms with Gasteiger partial charge in [0.05, 0.1) is 0 Å². The summed E-state index contributed by atoms with van der Waals surface area (Å²) in [7, 11) is 0. The van der Waals surface area contributed by atoms with Gasteiger partial charge in [0.25, 0.3) is 0 Å². The fraction of sp³-hybridized carbons (Fsp3) is 0.133. The molecule has 0 aromatic heterocycles. The lowest BCUT2D eigenvalue weighted by atomic mass is 9.98. The molecule has 0 saturated heterocycles. The Kier molecular flexibility index (Phi) is 3.42. The minimum atomic E-state index is -0.329. The van der Waals surface area contributed by atoms with E-state index in [9.17, 15) is 9.18 Å². The number of rotatable bonds is 3. The number of nitrogen functional groups attached to an aromatic ring is 1. The molecule has 0 aliphatic carbocycles. The van der Waals surface area contributed by atoms with Gasteiger partial charge in [-0.15, -0.1) is 0 Å². The number of halogens is 1. The molecule has 0 saturated carbocycles. The van der Waals surface area contributed by atoms with E-state index in [0.717, 1.165) is 5.56 Å². The normalized spacial score (nSPS) is 10.3. The van der Waals surface area contributed by atoms with Crippen LogP contribution in [0.15, 0.2) is 42.5 Å². The Hall–Kier alpha value is -2.16. The maximum atomic E-state index is 13.0. The number of carbonyl (C=O) groups is 1. The van der Waals surface area contributed by atoms with Gasteiger partial charge in [0.1, 0.15) is 5.82 Å². The zero-order valence-corrected chi connectivity index (χ0v) is 10.1. The van der Waals surface area contributed by atoms with Gasteiger partial charge in [-0.2, -0.15) is 0 Å². The molecule has 0 unspecified atom stereocenters. The van der Waals surface area contributed by atoms with E-state index in [2.05, 4.69) is 0 Å². The molecular weight excluding hydrogens is 229 g/mol. The summed E-state index contributed by atoms with van der Waals surface area (Å²) in [5.41, 5.74) is 8.40. The fourth-order valence-electron chi connectivity index (χ4n) is 1.88. The Morgan fingerprint density at radius 2 is 1.94 bits per heavy atom. The number of nitrogens with two attached hydrogens (primary N) is 1. The average Bonchev–Trinajstić information content (AvgIpc) is 2.32. The molecule has 0 bridgehead atoms. The largest absolute Gasteiger partial charge is 0.398 e. The summed E-state index contributed by atoms with van der Waals surface area (Å²) in [5, 5.41) is 0. The van der Waals surface area contributed by atoms with Crippen LogP contribution in [0.3, 0.4) is 0 Å². The second kappa shape index (κ2) is 5.00. The van der Waals surface area contributed by atoms with Crippen molar-refractivity contribution in [2.45, 2.75) is 13.3 Å². The van der Waals surface area contributed by atoms with Crippen molar-refractivity contribution in [3.8, 4) is 0 Å². The summed E-state index contributed by atoms with van der Waals surface area (Å²) in [4.78, 5) is 12.1. The van der Waals surface area contributed by atoms with Gasteiger partial charge in [-0.1, -0.05) is 24.3 Å². The molecule has 0 atom stereocenters. The first-order valence-electron chi connectivity index (χ1n) is 5.70. The van der Waals surface area contributed by atoms with Gasteiger partial charge in [0.2, 0.25) is 0 Å². The van der Waals surface area contributed by atoms with Crippen LogP contribution in [0.5, 0.6) is 0 Å². The maximum Gasteiger partial charge on any atom is 0.167 e. The van der Waals surface area contributed by atoms with Crippen LogP contribution < -0.4 is 5.73 Å². The number of hydrogen-bond donors (Lipinski definition) is 1. The smallest absolute Gasteiger partial charge is 0.167 e. The van der Waals surface area contributed by atoms with E-state index in [0.29, 0.717) is 16.8 Å². The van der Waals surface area contributed by atoms with E-state index >= 15 is 0 Å². The summed E-state index contributed by atoms with van der Waals surface area (Å²) in [6.07, 6.45) is 0.183. The second-order valence-electron chi connectivity index (χ2n) is 4.25. The number of hydrogen-bond acceptors (Lipinski definition) is 2. The van der Waals surface area contributed by atoms with Crippen molar-refractivity contribution in [1.29, 1.82) is 0 Å². The number of Topliss-reactive ketones (excluding diaryl/α,β-unsaturated/α-hetero) is 1. The molecule has 0 spiro atoms. The van der Waals surface area contributed by atoms with E-state index in [-0.39, 0.29) is 18.0 Å². The van der Waals surface area contributed by atoms with Crippen molar-refractivity contribution >= 4 is 11.5 Å². The predicted molar refractivity (Wildman–Crippen MR) is 70.0 cm³/mol. The van der Waals surface area contributed by atoms with Crippen LogP contribution in [0, 0.1) is 12.7 Å². The SMILES string of the molecule is Cc1c(N)cccc1C(=O)Cc1cccc(F)c1. The Morgan fingerprint density at radius 3 is 2.67 bits per heavy atom. The minimum absolute atomic E-state index is 0.0506. The first-order chi connectivity index (χ1) is 8.58. The summed E-state index contributed by atoms with van der Waals surface area (Å²) in [6, 6.07) is 11.3. The maximum absolute atomic E-state index is 13.0. The number of benzene rings is 2. The van der Waals surface area contributed by atoms with Crippen molar-refractivity contribution < 1.29 is 9.18 Å². The monoisotopic (exact) mass is 243 g/mol. The average molecular weight is 243 g/mol. The van der Waals surface area contributed by atoms with Gasteiger partial charge >= 0.3 is 0 Å². The molecule has 2 aromatic rings. The third-order valence-electron chi connectivity index (χ3n) is 2.93. The molecule has 18 heavy (non-hydrogen) atoms. The molecule has 0 aliphatic heterocycles. The molecule has 3 heteroatoms. The van der Waals surface area contributed by atoms with Crippen molar-refractivity contribution in [1.82, 2.24) is 0 Å². The number of ketones is 1. The molecule has 0 heterocycles. The first-order valence-corrected chi connectivity index (χ1v) is 5.70. The van der Waals surface area contributed by atoms with Crippen LogP contribution in [-0.2, 0) is 6.42 Å². The van der Waals surface area contributed by atoms with Crippen LogP contribution in [0.1, 0.15) is 21.5 Å². The van der Waals surface area contributed by atoms with Crippen LogP contribution in [0.2, 0.25) is 0 Å². The van der Waals surface area contributed by atoms with E-state index in [4.69, 9.17) is 5.73 Å². The van der Waals surface area contributed by atoms with E-state index in [1.54, 1.807) is 30.3 Å². The molecular formula is C15H14FNO. The van der Waals surface area contributed by atoms with Crippen LogP contribution in [-0.4, -0.2) is 5.78 Å². The van der Waals surface area contributed by atoms with Gasteiger partial charge < -0.3 is 5.73 Å². The minimum Gasteiger partial charge on any atom is -0.398 e. The van der Waals surface area contributed by atoms with Crippen molar-refractivity contribution in [2.24, 2.45) is 0 Å². The van der Waals surface area contributed by atoms with Crippen LogP contribution in [0.25, 0.3) is 0 Å². The molecule has 2 aromatic carbocycles. The molecule has 0 fully saturated rings. The van der Waals surface area contributed by atoms with Crippen LogP contribution in [0.4, 0.5) is 10.1 Å². The third-order valence-corrected chi connectivity index (χ3v) is 2.93. The standard InChI is InChI=1S/C15H14FNO/c1-10-13(6-3-7-14(10)17)15(18)9-11-4-2-5-12(16)8-11/h2-8H,9,17H2,1H3. The Bertz CT molecular complexity index is 593. The lowest BCUT2D eigenvalue weighted by molar-refractivity contribution is 0.0992. The molecule has 0 amide bonds. The lowest BCUT2D eigenvalue weighted by Gasteiger charge is -2.07. The van der Waals surface area contributed by atoms with Gasteiger partial charge in [0.15, 0.2) is 5.78 Å². The number of carbonyl (C=O) groups excluding carboxylic acids is 1. The molecule has 2 N–H and O–H groups in total. The van der Waals surface area contributed by atoms with Gasteiger partial charge in [-0.3, -0.25) is 4.79 Å². The molecule has 2 nitrogen and oxygen atoms in total. The van der Waals surface area contributed by atoms with Crippen molar-refractivity contribution in [3.05, 3.63) is 65.0 Å². The third kappa shape index (κ3) is 2.56. The summed E-state index contributed by atoms with van der Waals surface area (Å²) in [6.45, 7) is 1.81. The van der Waals surface area contributed by atoms with Crippen molar-refractivity contribution in [2.75, 3.05) is 5.73 Å². The second-order valence-corrected chi connectivity index (χ2v) is 4.25. The Morgan fingerprint density at radius 1 is 1.22 bits per heavy atom. The highest BCUT2D eigenvalue weighted by atomic mass is 19.1. The van der Waals surface area contributed by atoms with E-state index in [1.165, 1.54) is 12.1 Å². The van der Waals surface area contributed by atoms with Gasteiger partial charge in [0, 0.05) is 17.7 Å². The Labute approximate surface area is 105 Å². The van der Waals surface area contributed by atoms with E-state index in [1.807, 2.05) is 6.92 Å². The van der Waals surface area contributed by atoms with E-state index < -0.39 is 0 Å². The van der Waals surface area contributed by atoms with Gasteiger partial charge in [-0.05, 0) is 36.2 Å². The molecule has 0 radical (unpaired) electrons. The summed E-state index contributed by atoms with van der Waals surface area (Å²) < 4.78 is 13.0. The van der Waals surface area contributed by atoms with Crippen molar-refractivity contribution in [3.63, 3.8) is 0 Å².